The largest absolute Gasteiger partial charge is 0.378 e. The maximum absolute atomic E-state index is 13.2. The van der Waals surface area contributed by atoms with Crippen molar-refractivity contribution < 1.29 is 17.9 Å². The molecular weight excluding hydrogens is 380 g/mol. The van der Waals surface area contributed by atoms with Crippen LogP contribution in [-0.4, -0.2) is 86.0 Å². The van der Waals surface area contributed by atoms with E-state index in [1.54, 1.807) is 28.1 Å². The molecule has 0 unspecified atom stereocenters. The second kappa shape index (κ2) is 7.65. The average Bonchev–Trinajstić information content (AvgIpc) is 2.73. The van der Waals surface area contributed by atoms with Crippen LogP contribution in [0.1, 0.15) is 5.56 Å². The molecule has 2 fully saturated rings. The number of nitrogens with zero attached hydrogens (tertiary/aromatic N) is 4. The third-order valence-electron chi connectivity index (χ3n) is 5.22. The minimum Gasteiger partial charge on any atom is -0.378 e. The smallest absolute Gasteiger partial charge is 0.320 e. The third-order valence-corrected chi connectivity index (χ3v) is 7.15. The summed E-state index contributed by atoms with van der Waals surface area (Å²) in [4.78, 5) is 20.7. The fraction of sp³-hybridized carbons (Fsp3) is 0.474. The van der Waals surface area contributed by atoms with Gasteiger partial charge in [-0.05, 0) is 24.6 Å². The number of piperazine rings is 1. The lowest BCUT2D eigenvalue weighted by molar-refractivity contribution is 0.0405. The Kier molecular flexibility index (Phi) is 5.22. The molecule has 2 amide bonds. The molecule has 0 bridgehead atoms. The van der Waals surface area contributed by atoms with Gasteiger partial charge in [0.2, 0.25) is 10.0 Å². The van der Waals surface area contributed by atoms with Crippen LogP contribution in [-0.2, 0) is 14.8 Å². The van der Waals surface area contributed by atoms with Gasteiger partial charge in [-0.2, -0.15) is 4.31 Å². The van der Waals surface area contributed by atoms with Crippen LogP contribution in [0.2, 0.25) is 0 Å². The van der Waals surface area contributed by atoms with Gasteiger partial charge in [-0.3, -0.25) is 4.98 Å². The predicted molar refractivity (Wildman–Crippen MR) is 105 cm³/mol. The molecule has 0 N–H and O–H groups in total. The van der Waals surface area contributed by atoms with Crippen LogP contribution in [0.3, 0.4) is 0 Å². The number of carbonyl (C=O) groups excluding carboxylic acids is 1. The number of carbonyl (C=O) groups is 1. The number of amides is 2. The quantitative estimate of drug-likeness (QED) is 0.754. The van der Waals surface area contributed by atoms with E-state index < -0.39 is 10.0 Å². The first-order valence-corrected chi connectivity index (χ1v) is 10.9. The van der Waals surface area contributed by atoms with Crippen molar-refractivity contribution in [3.05, 3.63) is 36.0 Å². The van der Waals surface area contributed by atoms with E-state index in [0.717, 1.165) is 10.9 Å². The molecular formula is C19H24N4O4S. The topological polar surface area (TPSA) is 83.1 Å². The zero-order chi connectivity index (χ0) is 19.7. The monoisotopic (exact) mass is 404 g/mol. The van der Waals surface area contributed by atoms with E-state index in [-0.39, 0.29) is 24.0 Å². The Balaban J connectivity index is 1.50. The number of morpholine rings is 1. The Bertz CT molecular complexity index is 981. The summed E-state index contributed by atoms with van der Waals surface area (Å²) in [5.41, 5.74) is 1.47. The van der Waals surface area contributed by atoms with Crippen molar-refractivity contribution in [1.29, 1.82) is 0 Å². The first-order valence-electron chi connectivity index (χ1n) is 9.44. The summed E-state index contributed by atoms with van der Waals surface area (Å²) in [6.07, 6.45) is 1.68. The highest BCUT2D eigenvalue weighted by molar-refractivity contribution is 7.89. The highest BCUT2D eigenvalue weighted by Gasteiger charge is 2.33. The van der Waals surface area contributed by atoms with Gasteiger partial charge in [0, 0.05) is 50.9 Å². The molecule has 1 aromatic carbocycles. The normalized spacial score (nSPS) is 19.2. The zero-order valence-corrected chi connectivity index (χ0v) is 16.7. The van der Waals surface area contributed by atoms with Crippen LogP contribution in [0.25, 0.3) is 10.9 Å². The average molecular weight is 404 g/mol. The molecule has 28 heavy (non-hydrogen) atoms. The number of aromatic nitrogens is 1. The van der Waals surface area contributed by atoms with Crippen LogP contribution in [0.15, 0.2) is 35.4 Å². The first-order chi connectivity index (χ1) is 13.5. The van der Waals surface area contributed by atoms with E-state index in [1.165, 1.54) is 4.31 Å². The van der Waals surface area contributed by atoms with Crippen molar-refractivity contribution in [2.75, 3.05) is 52.5 Å². The number of pyridine rings is 1. The maximum atomic E-state index is 13.2. The fourth-order valence-corrected chi connectivity index (χ4v) is 5.25. The molecule has 0 aliphatic carbocycles. The molecule has 0 radical (unpaired) electrons. The molecule has 1 aromatic heterocycles. The third kappa shape index (κ3) is 3.57. The van der Waals surface area contributed by atoms with Crippen molar-refractivity contribution in [2.24, 2.45) is 0 Å². The molecule has 2 aromatic rings. The summed E-state index contributed by atoms with van der Waals surface area (Å²) in [5.74, 6) is 0. The lowest BCUT2D eigenvalue weighted by Gasteiger charge is -2.38. The molecule has 150 valence electrons. The van der Waals surface area contributed by atoms with Crippen LogP contribution in [0.4, 0.5) is 4.79 Å². The Morgan fingerprint density at radius 2 is 1.71 bits per heavy atom. The van der Waals surface area contributed by atoms with E-state index >= 15 is 0 Å². The highest BCUT2D eigenvalue weighted by Crippen LogP contribution is 2.25. The molecule has 2 aliphatic heterocycles. The van der Waals surface area contributed by atoms with Gasteiger partial charge in [-0.15, -0.1) is 0 Å². The lowest BCUT2D eigenvalue weighted by atomic mass is 10.2. The number of hydrogen-bond donors (Lipinski definition) is 0. The number of sulfonamides is 1. The summed E-state index contributed by atoms with van der Waals surface area (Å²) >= 11 is 0. The summed E-state index contributed by atoms with van der Waals surface area (Å²) in [5, 5.41) is 0.808. The summed E-state index contributed by atoms with van der Waals surface area (Å²) < 4.78 is 33.2. The van der Waals surface area contributed by atoms with Gasteiger partial charge in [0.15, 0.2) is 0 Å². The van der Waals surface area contributed by atoms with Crippen molar-refractivity contribution >= 4 is 27.0 Å². The number of aryl methyl sites for hydroxylation is 1. The van der Waals surface area contributed by atoms with Gasteiger partial charge in [-0.1, -0.05) is 12.1 Å². The molecule has 0 spiro atoms. The first kappa shape index (κ1) is 19.1. The Hall–Kier alpha value is -2.23. The summed E-state index contributed by atoms with van der Waals surface area (Å²) in [6, 6.07) is 7.11. The van der Waals surface area contributed by atoms with Gasteiger partial charge in [0.05, 0.1) is 18.7 Å². The molecule has 2 saturated heterocycles. The molecule has 2 aliphatic rings. The summed E-state index contributed by atoms with van der Waals surface area (Å²) in [7, 11) is -3.68. The molecule has 9 heteroatoms. The number of benzene rings is 1. The number of para-hydroxylation sites is 1. The Labute approximate surface area is 164 Å². The van der Waals surface area contributed by atoms with Crippen LogP contribution in [0.5, 0.6) is 0 Å². The predicted octanol–water partition coefficient (Wildman–Crippen LogP) is 1.30. The van der Waals surface area contributed by atoms with Crippen molar-refractivity contribution in [2.45, 2.75) is 11.8 Å². The minimum absolute atomic E-state index is 0.0392. The van der Waals surface area contributed by atoms with Gasteiger partial charge in [-0.25, -0.2) is 13.2 Å². The Morgan fingerprint density at radius 3 is 2.43 bits per heavy atom. The van der Waals surface area contributed by atoms with Gasteiger partial charge >= 0.3 is 6.03 Å². The van der Waals surface area contributed by atoms with Crippen molar-refractivity contribution in [3.63, 3.8) is 0 Å². The van der Waals surface area contributed by atoms with E-state index in [2.05, 4.69) is 4.98 Å². The number of ether oxygens (including phenoxy) is 1. The second-order valence-electron chi connectivity index (χ2n) is 7.11. The highest BCUT2D eigenvalue weighted by atomic mass is 32.2. The maximum Gasteiger partial charge on any atom is 0.320 e. The zero-order valence-electron chi connectivity index (χ0n) is 15.9. The SMILES string of the molecule is Cc1cnc2c(S(=O)(=O)N3CCN(C(=O)N4CCOCC4)CC3)cccc2c1. The van der Waals surface area contributed by atoms with Crippen molar-refractivity contribution in [3.8, 4) is 0 Å². The van der Waals surface area contributed by atoms with Gasteiger partial charge < -0.3 is 14.5 Å². The minimum atomic E-state index is -3.68. The molecule has 0 saturated carbocycles. The van der Waals surface area contributed by atoms with Crippen molar-refractivity contribution in [1.82, 2.24) is 19.1 Å². The lowest BCUT2D eigenvalue weighted by Crippen LogP contribution is -2.55. The van der Waals surface area contributed by atoms with Crippen LogP contribution >= 0.6 is 0 Å². The van der Waals surface area contributed by atoms with Crippen LogP contribution < -0.4 is 0 Å². The Morgan fingerprint density at radius 1 is 1.04 bits per heavy atom. The molecule has 0 atom stereocenters. The van der Waals surface area contributed by atoms with E-state index in [1.807, 2.05) is 19.1 Å². The van der Waals surface area contributed by atoms with E-state index in [9.17, 15) is 13.2 Å². The standard InChI is InChI=1S/C19H24N4O4S/c1-15-13-16-3-2-4-17(18(16)20-14-15)28(25,26)23-7-5-21(6-8-23)19(24)22-9-11-27-12-10-22/h2-4,13-14H,5-12H2,1H3. The van der Waals surface area contributed by atoms with Gasteiger partial charge in [0.1, 0.15) is 4.90 Å². The summed E-state index contributed by atoms with van der Waals surface area (Å²) in [6.45, 7) is 5.51. The number of urea groups is 1. The molecule has 3 heterocycles. The fourth-order valence-electron chi connectivity index (χ4n) is 3.66. The number of hydrogen-bond acceptors (Lipinski definition) is 5. The molecule has 4 rings (SSSR count). The van der Waals surface area contributed by atoms with E-state index in [0.29, 0.717) is 44.9 Å². The number of fused-ring (bicyclic) bond motifs is 1. The second-order valence-corrected chi connectivity index (χ2v) is 9.02. The number of rotatable bonds is 2. The van der Waals surface area contributed by atoms with Crippen LogP contribution in [0, 0.1) is 6.92 Å². The molecule has 8 nitrogen and oxygen atoms in total. The van der Waals surface area contributed by atoms with Gasteiger partial charge in [0.25, 0.3) is 0 Å². The van der Waals surface area contributed by atoms with E-state index in [4.69, 9.17) is 4.74 Å².